The van der Waals surface area contributed by atoms with Crippen molar-refractivity contribution in [2.75, 3.05) is 20.2 Å². The number of carbonyl (C=O) groups is 1. The summed E-state index contributed by atoms with van der Waals surface area (Å²) in [4.78, 5) is 26.7. The molecular weight excluding hydrogens is 442 g/mol. The van der Waals surface area contributed by atoms with Crippen LogP contribution in [0.1, 0.15) is 69.6 Å². The molecule has 2 aliphatic rings. The highest BCUT2D eigenvalue weighted by atomic mass is 16.5. The molecule has 35 heavy (non-hydrogen) atoms. The molecule has 0 radical (unpaired) electrons. The maximum absolute atomic E-state index is 12.8. The Bertz CT molecular complexity index is 1410. The van der Waals surface area contributed by atoms with Crippen LogP contribution in [0, 0.1) is 22.2 Å². The average Bonchev–Trinajstić information content (AvgIpc) is 3.56. The normalized spacial score (nSPS) is 20.0. The Balaban J connectivity index is 2.03. The van der Waals surface area contributed by atoms with E-state index in [0.717, 1.165) is 34.5 Å². The van der Waals surface area contributed by atoms with Crippen molar-refractivity contribution < 1.29 is 14.6 Å². The third kappa shape index (κ3) is 4.45. The van der Waals surface area contributed by atoms with E-state index < -0.39 is 16.8 Å². The number of likely N-dealkylation sites (N-methyl/N-ethyl adjacent to an activating group) is 1. The Hall–Kier alpha value is -3.53. The third-order valence-corrected chi connectivity index (χ3v) is 7.09. The highest BCUT2D eigenvalue weighted by Crippen LogP contribution is 2.45. The lowest BCUT2D eigenvalue weighted by Crippen LogP contribution is -2.46. The topological polar surface area (TPSA) is 95.6 Å². The monoisotopic (exact) mass is 475 g/mol. The highest BCUT2D eigenvalue weighted by molar-refractivity contribution is 5.87. The lowest BCUT2D eigenvalue weighted by Gasteiger charge is -2.43. The summed E-state index contributed by atoms with van der Waals surface area (Å²) in [5.41, 5.74) is 1.28. The van der Waals surface area contributed by atoms with Gasteiger partial charge in [-0.3, -0.25) is 4.79 Å². The van der Waals surface area contributed by atoms with E-state index in [2.05, 4.69) is 31.7 Å². The fraction of sp³-hybridized carbons (Fsp3) is 0.464. The van der Waals surface area contributed by atoms with Crippen molar-refractivity contribution in [1.82, 2.24) is 9.47 Å². The van der Waals surface area contributed by atoms with Crippen molar-refractivity contribution in [3.05, 3.63) is 62.4 Å². The number of fused-ring (bicyclic) bond motifs is 1. The minimum Gasteiger partial charge on any atom is -0.491 e. The number of hydrogen-bond acceptors (Lipinski definition) is 5. The van der Waals surface area contributed by atoms with Crippen molar-refractivity contribution in [1.29, 1.82) is 5.26 Å². The lowest BCUT2D eigenvalue weighted by atomic mass is 9.84. The zero-order chi connectivity index (χ0) is 25.7. The quantitative estimate of drug-likeness (QED) is 0.730. The molecule has 7 nitrogen and oxygen atoms in total. The SMILES string of the molecule is CC(C)=c1c(OCC2(C#N)CC2)ccc/c1=C1\c2cc(=O)c(C(=O)O)cn2C(C(C)(C)C)CN1C. The molecule has 1 N–H and O–H groups in total. The largest absolute Gasteiger partial charge is 0.491 e. The summed E-state index contributed by atoms with van der Waals surface area (Å²) in [5, 5.41) is 20.9. The maximum Gasteiger partial charge on any atom is 0.341 e. The molecule has 1 aromatic heterocycles. The van der Waals surface area contributed by atoms with Crippen LogP contribution in [0.25, 0.3) is 11.3 Å². The van der Waals surface area contributed by atoms with Gasteiger partial charge in [-0.25, -0.2) is 4.79 Å². The van der Waals surface area contributed by atoms with Crippen LogP contribution in [0.15, 0.2) is 35.3 Å². The first-order valence-corrected chi connectivity index (χ1v) is 11.9. The average molecular weight is 476 g/mol. The fourth-order valence-electron chi connectivity index (χ4n) is 4.85. The summed E-state index contributed by atoms with van der Waals surface area (Å²) in [6, 6.07) is 9.64. The fourth-order valence-corrected chi connectivity index (χ4v) is 4.85. The molecule has 4 rings (SSSR count). The predicted molar refractivity (Wildman–Crippen MR) is 135 cm³/mol. The predicted octanol–water partition coefficient (Wildman–Crippen LogP) is 3.11. The molecule has 0 amide bonds. The van der Waals surface area contributed by atoms with E-state index in [4.69, 9.17) is 4.74 Å². The molecule has 0 saturated heterocycles. The van der Waals surface area contributed by atoms with Crippen LogP contribution >= 0.6 is 0 Å². The minimum atomic E-state index is -1.22. The summed E-state index contributed by atoms with van der Waals surface area (Å²) in [6.45, 7) is 11.4. The van der Waals surface area contributed by atoms with Gasteiger partial charge in [-0.2, -0.15) is 5.26 Å². The first kappa shape index (κ1) is 24.6. The molecule has 1 unspecified atom stereocenters. The number of hydrogen-bond donors (Lipinski definition) is 1. The molecular formula is C28H33N3O4. The van der Waals surface area contributed by atoms with Crippen LogP contribution in [-0.4, -0.2) is 40.7 Å². The number of pyridine rings is 1. The van der Waals surface area contributed by atoms with Gasteiger partial charge in [-0.05, 0) is 38.2 Å². The number of rotatable bonds is 4. The van der Waals surface area contributed by atoms with Gasteiger partial charge in [0.15, 0.2) is 5.43 Å². The zero-order valence-electron chi connectivity index (χ0n) is 21.3. The van der Waals surface area contributed by atoms with E-state index in [1.54, 1.807) is 0 Å². The first-order chi connectivity index (χ1) is 16.4. The molecule has 1 aliphatic heterocycles. The summed E-state index contributed by atoms with van der Waals surface area (Å²) in [6.07, 6.45) is 3.20. The van der Waals surface area contributed by atoms with Crippen molar-refractivity contribution in [2.45, 2.75) is 53.5 Å². The highest BCUT2D eigenvalue weighted by Gasteiger charge is 2.44. The number of benzene rings is 1. The molecule has 1 saturated carbocycles. The Morgan fingerprint density at radius 1 is 1.29 bits per heavy atom. The summed E-state index contributed by atoms with van der Waals surface area (Å²) in [5.74, 6) is -0.516. The number of aromatic carboxylic acids is 1. The zero-order valence-corrected chi connectivity index (χ0v) is 21.3. The summed E-state index contributed by atoms with van der Waals surface area (Å²) >= 11 is 0. The van der Waals surface area contributed by atoms with Gasteiger partial charge in [0.05, 0.1) is 28.9 Å². The summed E-state index contributed by atoms with van der Waals surface area (Å²) < 4.78 is 8.16. The van der Waals surface area contributed by atoms with Gasteiger partial charge < -0.3 is 19.3 Å². The van der Waals surface area contributed by atoms with E-state index in [-0.39, 0.29) is 17.0 Å². The molecule has 184 valence electrons. The number of ether oxygens (including phenoxy) is 1. The maximum atomic E-state index is 12.8. The number of carboxylic acid groups (broad SMARTS) is 1. The molecule has 1 fully saturated rings. The van der Waals surface area contributed by atoms with Crippen LogP contribution in [0.2, 0.25) is 0 Å². The third-order valence-electron chi connectivity index (χ3n) is 7.09. The second-order valence-electron chi connectivity index (χ2n) is 11.1. The molecule has 2 aromatic rings. The first-order valence-electron chi connectivity index (χ1n) is 11.9. The molecule has 7 heteroatoms. The number of aromatic nitrogens is 1. The van der Waals surface area contributed by atoms with E-state index in [1.807, 2.05) is 43.7 Å². The second-order valence-corrected chi connectivity index (χ2v) is 11.1. The van der Waals surface area contributed by atoms with Gasteiger partial charge in [0.25, 0.3) is 0 Å². The van der Waals surface area contributed by atoms with Gasteiger partial charge in [-0.15, -0.1) is 0 Å². The van der Waals surface area contributed by atoms with Crippen LogP contribution in [0.3, 0.4) is 0 Å². The molecule has 1 atom stereocenters. The van der Waals surface area contributed by atoms with Gasteiger partial charge in [0, 0.05) is 36.3 Å². The Kier molecular flexibility index (Phi) is 6.04. The number of nitriles is 1. The van der Waals surface area contributed by atoms with Gasteiger partial charge in [-0.1, -0.05) is 38.5 Å². The molecule has 0 bridgehead atoms. The van der Waals surface area contributed by atoms with E-state index in [9.17, 15) is 20.0 Å². The van der Waals surface area contributed by atoms with Crippen LogP contribution in [0.4, 0.5) is 0 Å². The summed E-state index contributed by atoms with van der Waals surface area (Å²) in [7, 11) is 2.00. The van der Waals surface area contributed by atoms with Crippen LogP contribution in [0.5, 0.6) is 5.75 Å². The molecule has 1 aromatic carbocycles. The smallest absolute Gasteiger partial charge is 0.341 e. The van der Waals surface area contributed by atoms with E-state index in [1.165, 1.54) is 12.3 Å². The van der Waals surface area contributed by atoms with Crippen molar-refractivity contribution in [2.24, 2.45) is 10.8 Å². The Labute approximate surface area is 205 Å². The molecule has 0 spiro atoms. The number of nitrogens with zero attached hydrogens (tertiary/aromatic N) is 3. The van der Waals surface area contributed by atoms with Crippen molar-refractivity contribution >= 4 is 17.2 Å². The van der Waals surface area contributed by atoms with Gasteiger partial charge in [0.2, 0.25) is 0 Å². The van der Waals surface area contributed by atoms with Crippen LogP contribution in [-0.2, 0) is 0 Å². The van der Waals surface area contributed by atoms with Crippen LogP contribution < -0.4 is 20.6 Å². The minimum absolute atomic E-state index is 0.0371. The van der Waals surface area contributed by atoms with E-state index >= 15 is 0 Å². The Morgan fingerprint density at radius 2 is 1.97 bits per heavy atom. The van der Waals surface area contributed by atoms with Gasteiger partial charge in [0.1, 0.15) is 17.9 Å². The van der Waals surface area contributed by atoms with Gasteiger partial charge >= 0.3 is 5.97 Å². The Morgan fingerprint density at radius 3 is 2.51 bits per heavy atom. The van der Waals surface area contributed by atoms with Crippen molar-refractivity contribution in [3.63, 3.8) is 0 Å². The lowest BCUT2D eigenvalue weighted by molar-refractivity contribution is 0.0693. The second kappa shape index (κ2) is 8.60. The standard InChI is InChI=1S/C28H33N3O4/c1-17(2)24-18(8-7-9-22(24)35-16-28(15-29)10-11-28)25-20-12-21(32)19(26(33)34)13-31(20)23(14-30(25)6)27(3,4)5/h7-9,12-13,23H,10-11,14,16H2,1-6H3,(H,33,34)/b25-18-. The van der Waals surface area contributed by atoms with Crippen molar-refractivity contribution in [3.8, 4) is 11.8 Å². The molecule has 1 aliphatic carbocycles. The molecule has 2 heterocycles. The number of carboxylic acids is 1. The van der Waals surface area contributed by atoms with E-state index in [0.29, 0.717) is 24.6 Å².